The Morgan fingerprint density at radius 1 is 1.50 bits per heavy atom. The number of rotatable bonds is 3. The molecule has 2 N–H and O–H groups in total. The minimum Gasteiger partial charge on any atom is -0.371 e. The van der Waals surface area contributed by atoms with Crippen LogP contribution in [0.3, 0.4) is 0 Å². The first kappa shape index (κ1) is 13.5. The van der Waals surface area contributed by atoms with Gasteiger partial charge in [0.1, 0.15) is 5.60 Å². The standard InChI is InChI=1S/C13H23N3O2/c1-9-6-5-7-13(14,8-9)11-15-10(16-18-11)12(2,3)17-4/h9H,5-8,14H2,1-4H3. The molecule has 1 heterocycles. The molecule has 1 aliphatic rings. The summed E-state index contributed by atoms with van der Waals surface area (Å²) in [5.74, 6) is 1.71. The van der Waals surface area contributed by atoms with Crippen molar-refractivity contribution in [1.29, 1.82) is 0 Å². The van der Waals surface area contributed by atoms with Crippen LogP contribution in [-0.4, -0.2) is 17.3 Å². The first-order valence-corrected chi connectivity index (χ1v) is 6.56. The zero-order chi connectivity index (χ0) is 13.4. The Morgan fingerprint density at radius 3 is 2.83 bits per heavy atom. The van der Waals surface area contributed by atoms with Crippen LogP contribution in [0.4, 0.5) is 0 Å². The summed E-state index contributed by atoms with van der Waals surface area (Å²) in [6.45, 7) is 6.04. The Labute approximate surface area is 108 Å². The van der Waals surface area contributed by atoms with Crippen LogP contribution in [-0.2, 0) is 15.9 Å². The number of ether oxygens (including phenoxy) is 1. The molecular weight excluding hydrogens is 230 g/mol. The van der Waals surface area contributed by atoms with Gasteiger partial charge in [-0.15, -0.1) is 0 Å². The van der Waals surface area contributed by atoms with E-state index in [0.717, 1.165) is 19.3 Å². The lowest BCUT2D eigenvalue weighted by atomic mass is 9.77. The molecule has 0 amide bonds. The van der Waals surface area contributed by atoms with E-state index in [1.807, 2.05) is 13.8 Å². The van der Waals surface area contributed by atoms with Crippen LogP contribution in [0, 0.1) is 5.92 Å². The summed E-state index contributed by atoms with van der Waals surface area (Å²) in [6.07, 6.45) is 4.15. The summed E-state index contributed by atoms with van der Waals surface area (Å²) >= 11 is 0. The molecule has 5 nitrogen and oxygen atoms in total. The van der Waals surface area contributed by atoms with Crippen LogP contribution in [0.1, 0.15) is 58.2 Å². The van der Waals surface area contributed by atoms with Gasteiger partial charge in [-0.1, -0.05) is 24.9 Å². The molecule has 0 bridgehead atoms. The average molecular weight is 253 g/mol. The Morgan fingerprint density at radius 2 is 2.22 bits per heavy atom. The Kier molecular flexibility index (Phi) is 3.47. The molecule has 0 aromatic carbocycles. The lowest BCUT2D eigenvalue weighted by molar-refractivity contribution is 0.00973. The van der Waals surface area contributed by atoms with Crippen molar-refractivity contribution in [1.82, 2.24) is 10.1 Å². The van der Waals surface area contributed by atoms with Gasteiger partial charge in [-0.2, -0.15) is 4.98 Å². The highest BCUT2D eigenvalue weighted by atomic mass is 16.5. The predicted octanol–water partition coefficient (Wildman–Crippen LogP) is 2.32. The molecule has 18 heavy (non-hydrogen) atoms. The van der Waals surface area contributed by atoms with Gasteiger partial charge in [0.05, 0.1) is 5.54 Å². The first-order valence-electron chi connectivity index (χ1n) is 6.56. The molecule has 2 rings (SSSR count). The minimum absolute atomic E-state index is 0.466. The maximum absolute atomic E-state index is 6.43. The molecule has 1 aromatic heterocycles. The molecule has 0 spiro atoms. The lowest BCUT2D eigenvalue weighted by Crippen LogP contribution is -2.41. The molecular formula is C13H23N3O2. The van der Waals surface area contributed by atoms with E-state index in [4.69, 9.17) is 15.0 Å². The molecule has 0 aliphatic heterocycles. The second-order valence-corrected chi connectivity index (χ2v) is 6.00. The number of hydrogen-bond donors (Lipinski definition) is 1. The van der Waals surface area contributed by atoms with Crippen molar-refractivity contribution in [3.63, 3.8) is 0 Å². The van der Waals surface area contributed by atoms with Crippen LogP contribution in [0.5, 0.6) is 0 Å². The number of aromatic nitrogens is 2. The molecule has 5 heteroatoms. The van der Waals surface area contributed by atoms with E-state index in [1.165, 1.54) is 6.42 Å². The molecule has 2 atom stereocenters. The number of hydrogen-bond acceptors (Lipinski definition) is 5. The van der Waals surface area contributed by atoms with Crippen molar-refractivity contribution >= 4 is 0 Å². The number of nitrogens with zero attached hydrogens (tertiary/aromatic N) is 2. The van der Waals surface area contributed by atoms with Crippen molar-refractivity contribution in [3.05, 3.63) is 11.7 Å². The molecule has 1 fully saturated rings. The van der Waals surface area contributed by atoms with E-state index < -0.39 is 11.1 Å². The van der Waals surface area contributed by atoms with Crippen molar-refractivity contribution in [2.24, 2.45) is 11.7 Å². The smallest absolute Gasteiger partial charge is 0.246 e. The largest absolute Gasteiger partial charge is 0.371 e. The quantitative estimate of drug-likeness (QED) is 0.894. The first-order chi connectivity index (χ1) is 8.37. The van der Waals surface area contributed by atoms with E-state index in [2.05, 4.69) is 17.1 Å². The highest BCUT2D eigenvalue weighted by Crippen LogP contribution is 2.37. The fourth-order valence-corrected chi connectivity index (χ4v) is 2.55. The maximum Gasteiger partial charge on any atom is 0.246 e. The predicted molar refractivity (Wildman–Crippen MR) is 67.8 cm³/mol. The van der Waals surface area contributed by atoms with Crippen molar-refractivity contribution in [2.75, 3.05) is 7.11 Å². The summed E-state index contributed by atoms with van der Waals surface area (Å²) in [5.41, 5.74) is 5.42. The van der Waals surface area contributed by atoms with E-state index in [0.29, 0.717) is 17.6 Å². The van der Waals surface area contributed by atoms with E-state index in [1.54, 1.807) is 7.11 Å². The second-order valence-electron chi connectivity index (χ2n) is 6.00. The molecule has 0 radical (unpaired) electrons. The van der Waals surface area contributed by atoms with E-state index in [-0.39, 0.29) is 0 Å². The van der Waals surface area contributed by atoms with Gasteiger partial charge in [0.25, 0.3) is 0 Å². The van der Waals surface area contributed by atoms with Crippen molar-refractivity contribution < 1.29 is 9.26 Å². The highest BCUT2D eigenvalue weighted by molar-refractivity contribution is 5.07. The van der Waals surface area contributed by atoms with Gasteiger partial charge in [-0.25, -0.2) is 0 Å². The Balaban J connectivity index is 2.24. The third-order valence-electron chi connectivity index (χ3n) is 3.93. The normalized spacial score (nSPS) is 29.5. The van der Waals surface area contributed by atoms with Gasteiger partial charge in [0.15, 0.2) is 0 Å². The van der Waals surface area contributed by atoms with Gasteiger partial charge in [-0.05, 0) is 32.6 Å². The van der Waals surface area contributed by atoms with Crippen molar-refractivity contribution in [2.45, 2.75) is 57.6 Å². The zero-order valence-electron chi connectivity index (χ0n) is 11.7. The van der Waals surface area contributed by atoms with Crippen molar-refractivity contribution in [3.8, 4) is 0 Å². The van der Waals surface area contributed by atoms with Gasteiger partial charge < -0.3 is 15.0 Å². The number of nitrogens with two attached hydrogens (primary N) is 1. The van der Waals surface area contributed by atoms with Crippen LogP contribution in [0.15, 0.2) is 4.52 Å². The average Bonchev–Trinajstić information content (AvgIpc) is 2.79. The van der Waals surface area contributed by atoms with Gasteiger partial charge in [0.2, 0.25) is 11.7 Å². The number of methoxy groups -OCH3 is 1. The second kappa shape index (κ2) is 4.63. The van der Waals surface area contributed by atoms with E-state index in [9.17, 15) is 0 Å². The SMILES string of the molecule is COC(C)(C)c1noc(C2(N)CCCC(C)C2)n1. The Bertz CT molecular complexity index is 416. The Hall–Kier alpha value is -0.940. The van der Waals surface area contributed by atoms with Gasteiger partial charge in [0, 0.05) is 7.11 Å². The lowest BCUT2D eigenvalue weighted by Gasteiger charge is -2.33. The van der Waals surface area contributed by atoms with Gasteiger partial charge in [-0.3, -0.25) is 0 Å². The molecule has 0 saturated heterocycles. The molecule has 102 valence electrons. The molecule has 1 saturated carbocycles. The fraction of sp³-hybridized carbons (Fsp3) is 0.846. The molecule has 2 unspecified atom stereocenters. The topological polar surface area (TPSA) is 74.2 Å². The highest BCUT2D eigenvalue weighted by Gasteiger charge is 2.39. The summed E-state index contributed by atoms with van der Waals surface area (Å²) in [6, 6.07) is 0. The minimum atomic E-state index is -0.543. The van der Waals surface area contributed by atoms with Crippen LogP contribution in [0.2, 0.25) is 0 Å². The summed E-state index contributed by atoms with van der Waals surface area (Å²) < 4.78 is 10.7. The fourth-order valence-electron chi connectivity index (χ4n) is 2.55. The molecule has 1 aromatic rings. The van der Waals surface area contributed by atoms with Crippen LogP contribution in [0.25, 0.3) is 0 Å². The summed E-state index contributed by atoms with van der Waals surface area (Å²) in [5, 5.41) is 4.01. The molecule has 1 aliphatic carbocycles. The van der Waals surface area contributed by atoms with Gasteiger partial charge >= 0.3 is 0 Å². The summed E-state index contributed by atoms with van der Waals surface area (Å²) in [7, 11) is 1.64. The van der Waals surface area contributed by atoms with Crippen LogP contribution >= 0.6 is 0 Å². The van der Waals surface area contributed by atoms with Crippen LogP contribution < -0.4 is 5.73 Å². The monoisotopic (exact) mass is 253 g/mol. The third kappa shape index (κ3) is 2.42. The summed E-state index contributed by atoms with van der Waals surface area (Å²) in [4.78, 5) is 4.45. The zero-order valence-corrected chi connectivity index (χ0v) is 11.7. The third-order valence-corrected chi connectivity index (χ3v) is 3.93. The van der Waals surface area contributed by atoms with E-state index >= 15 is 0 Å². The maximum atomic E-state index is 6.43.